The van der Waals surface area contributed by atoms with Gasteiger partial charge in [-0.05, 0) is 48.4 Å². The van der Waals surface area contributed by atoms with E-state index in [1.807, 2.05) is 25.1 Å². The number of carbonyl (C=O) groups is 1. The first-order valence-corrected chi connectivity index (χ1v) is 8.75. The van der Waals surface area contributed by atoms with Crippen LogP contribution in [0.3, 0.4) is 0 Å². The maximum absolute atomic E-state index is 12.3. The number of amides is 1. The largest absolute Gasteiger partial charge is 0.493 e. The van der Waals surface area contributed by atoms with Crippen molar-refractivity contribution < 1.29 is 23.0 Å². The van der Waals surface area contributed by atoms with Crippen LogP contribution in [-0.4, -0.2) is 24.6 Å². The zero-order valence-corrected chi connectivity index (χ0v) is 15.3. The van der Waals surface area contributed by atoms with E-state index in [2.05, 4.69) is 15.0 Å². The van der Waals surface area contributed by atoms with Crippen molar-refractivity contribution in [1.82, 2.24) is 4.98 Å². The van der Waals surface area contributed by atoms with Gasteiger partial charge in [-0.25, -0.2) is 4.98 Å². The number of nitrogens with one attached hydrogen (secondary N) is 1. The normalized spacial score (nSPS) is 11.3. The van der Waals surface area contributed by atoms with Gasteiger partial charge in [0.2, 0.25) is 5.91 Å². The van der Waals surface area contributed by atoms with Crippen LogP contribution in [-0.2, 0) is 4.79 Å². The van der Waals surface area contributed by atoms with E-state index in [9.17, 15) is 13.6 Å². The zero-order chi connectivity index (χ0) is 19.4. The Morgan fingerprint density at radius 3 is 2.78 bits per heavy atom. The zero-order valence-electron chi connectivity index (χ0n) is 14.5. The molecule has 0 aliphatic heterocycles. The Bertz CT molecular complexity index is 1000. The highest BCUT2D eigenvalue weighted by atomic mass is 32.1. The van der Waals surface area contributed by atoms with Crippen molar-refractivity contribution in [1.29, 1.82) is 0 Å². The molecule has 3 aromatic rings. The highest BCUT2D eigenvalue weighted by Crippen LogP contribution is 2.30. The van der Waals surface area contributed by atoms with Gasteiger partial charge in [0.1, 0.15) is 0 Å². The molecule has 1 heterocycles. The molecule has 140 valence electrons. The number of aryl methyl sites for hydroxylation is 1. The minimum absolute atomic E-state index is 0.0705. The Hall–Kier alpha value is -3.00. The third kappa shape index (κ3) is 4.79. The van der Waals surface area contributed by atoms with Gasteiger partial charge in [0.05, 0.1) is 17.3 Å². The number of fused-ring (bicyclic) bond motifs is 1. The lowest BCUT2D eigenvalue weighted by Crippen LogP contribution is -2.07. The van der Waals surface area contributed by atoms with Crippen LogP contribution in [0.1, 0.15) is 11.1 Å². The standard InChI is InChI=1S/C19H16F2N2O3S/c1-11-3-6-13-16(9-11)27-19(22-13)23-17(24)8-5-12-4-7-14(26-18(20)21)15(10-12)25-2/h3-10,18H,1-2H3,(H,22,23,24)/b8-5+. The van der Waals surface area contributed by atoms with E-state index in [-0.39, 0.29) is 17.4 Å². The first-order valence-electron chi connectivity index (χ1n) is 7.93. The molecule has 0 aliphatic carbocycles. The molecule has 0 spiro atoms. The van der Waals surface area contributed by atoms with Crippen molar-refractivity contribution in [3.63, 3.8) is 0 Å². The van der Waals surface area contributed by atoms with Crippen LogP contribution < -0.4 is 14.8 Å². The number of ether oxygens (including phenoxy) is 2. The quantitative estimate of drug-likeness (QED) is 0.610. The number of hydrogen-bond acceptors (Lipinski definition) is 5. The first-order chi connectivity index (χ1) is 12.9. The molecule has 0 radical (unpaired) electrons. The summed E-state index contributed by atoms with van der Waals surface area (Å²) >= 11 is 1.39. The molecule has 0 atom stereocenters. The fourth-order valence-corrected chi connectivity index (χ4v) is 3.35. The van der Waals surface area contributed by atoms with E-state index in [1.54, 1.807) is 12.1 Å². The van der Waals surface area contributed by atoms with Gasteiger partial charge < -0.3 is 9.47 Å². The Kier molecular flexibility index (Phi) is 5.66. The predicted octanol–water partition coefficient (Wildman–Crippen LogP) is 4.87. The lowest BCUT2D eigenvalue weighted by Gasteiger charge is -2.10. The summed E-state index contributed by atoms with van der Waals surface area (Å²) in [7, 11) is 1.35. The number of anilines is 1. The second-order valence-electron chi connectivity index (χ2n) is 5.60. The van der Waals surface area contributed by atoms with Gasteiger partial charge in [-0.2, -0.15) is 8.78 Å². The van der Waals surface area contributed by atoms with Gasteiger partial charge in [0.15, 0.2) is 16.6 Å². The lowest BCUT2D eigenvalue weighted by molar-refractivity contribution is -0.111. The van der Waals surface area contributed by atoms with E-state index in [0.29, 0.717) is 10.7 Å². The highest BCUT2D eigenvalue weighted by Gasteiger charge is 2.11. The molecule has 8 heteroatoms. The molecule has 3 rings (SSSR count). The Labute approximate surface area is 158 Å². The summed E-state index contributed by atoms with van der Waals surface area (Å²) < 4.78 is 35.1. The van der Waals surface area contributed by atoms with Crippen molar-refractivity contribution in [3.05, 3.63) is 53.6 Å². The number of thiazole rings is 1. The maximum atomic E-state index is 12.3. The number of carbonyl (C=O) groups excluding carboxylic acids is 1. The van der Waals surface area contributed by atoms with Crippen LogP contribution in [0.5, 0.6) is 11.5 Å². The van der Waals surface area contributed by atoms with Crippen molar-refractivity contribution in [2.75, 3.05) is 12.4 Å². The van der Waals surface area contributed by atoms with Crippen molar-refractivity contribution in [2.45, 2.75) is 13.5 Å². The summed E-state index contributed by atoms with van der Waals surface area (Å²) in [6, 6.07) is 10.3. The predicted molar refractivity (Wildman–Crippen MR) is 102 cm³/mol. The minimum Gasteiger partial charge on any atom is -0.493 e. The van der Waals surface area contributed by atoms with Crippen LogP contribution >= 0.6 is 11.3 Å². The molecule has 2 aromatic carbocycles. The van der Waals surface area contributed by atoms with E-state index in [4.69, 9.17) is 4.74 Å². The second kappa shape index (κ2) is 8.13. The van der Waals surface area contributed by atoms with Crippen LogP contribution in [0.2, 0.25) is 0 Å². The third-order valence-electron chi connectivity index (χ3n) is 3.60. The van der Waals surface area contributed by atoms with Crippen LogP contribution in [0.25, 0.3) is 16.3 Å². The average molecular weight is 390 g/mol. The smallest absolute Gasteiger partial charge is 0.387 e. The lowest BCUT2D eigenvalue weighted by atomic mass is 10.2. The second-order valence-corrected chi connectivity index (χ2v) is 6.63. The Morgan fingerprint density at radius 2 is 2.04 bits per heavy atom. The molecule has 1 aromatic heterocycles. The molecule has 0 saturated heterocycles. The molecule has 0 unspecified atom stereocenters. The molecule has 0 bridgehead atoms. The molecule has 0 aliphatic rings. The molecule has 0 fully saturated rings. The molecule has 5 nitrogen and oxygen atoms in total. The molecule has 1 N–H and O–H groups in total. The summed E-state index contributed by atoms with van der Waals surface area (Å²) in [6.07, 6.45) is 2.88. The van der Waals surface area contributed by atoms with Gasteiger partial charge >= 0.3 is 6.61 Å². The van der Waals surface area contributed by atoms with Crippen molar-refractivity contribution in [3.8, 4) is 11.5 Å². The van der Waals surface area contributed by atoms with E-state index < -0.39 is 6.61 Å². The van der Waals surface area contributed by atoms with Gasteiger partial charge in [0, 0.05) is 6.08 Å². The number of benzene rings is 2. The first kappa shape index (κ1) is 18.8. The molecule has 1 amide bonds. The highest BCUT2D eigenvalue weighted by molar-refractivity contribution is 7.22. The molecule has 27 heavy (non-hydrogen) atoms. The molecular formula is C19H16F2N2O3S. The maximum Gasteiger partial charge on any atom is 0.387 e. The average Bonchev–Trinajstić information content (AvgIpc) is 3.01. The van der Waals surface area contributed by atoms with Crippen LogP contribution in [0.4, 0.5) is 13.9 Å². The van der Waals surface area contributed by atoms with Gasteiger partial charge in [-0.1, -0.05) is 23.5 Å². The van der Waals surface area contributed by atoms with Crippen molar-refractivity contribution >= 4 is 38.7 Å². The number of hydrogen-bond donors (Lipinski definition) is 1. The molecule has 0 saturated carbocycles. The number of rotatable bonds is 6. The summed E-state index contributed by atoms with van der Waals surface area (Å²) in [5.41, 5.74) is 2.55. The fraction of sp³-hybridized carbons (Fsp3) is 0.158. The fourth-order valence-electron chi connectivity index (χ4n) is 2.39. The van der Waals surface area contributed by atoms with Crippen LogP contribution in [0.15, 0.2) is 42.5 Å². The van der Waals surface area contributed by atoms with Gasteiger partial charge in [-0.3, -0.25) is 10.1 Å². The molecular weight excluding hydrogens is 374 g/mol. The summed E-state index contributed by atoms with van der Waals surface area (Å²) in [6.45, 7) is -0.949. The Morgan fingerprint density at radius 1 is 1.22 bits per heavy atom. The van der Waals surface area contributed by atoms with E-state index in [0.717, 1.165) is 15.8 Å². The number of methoxy groups -OCH3 is 1. The van der Waals surface area contributed by atoms with Crippen LogP contribution in [0, 0.1) is 6.92 Å². The van der Waals surface area contributed by atoms with Gasteiger partial charge in [0.25, 0.3) is 0 Å². The number of nitrogens with zero attached hydrogens (tertiary/aromatic N) is 1. The third-order valence-corrected chi connectivity index (χ3v) is 4.54. The monoisotopic (exact) mass is 390 g/mol. The summed E-state index contributed by atoms with van der Waals surface area (Å²) in [4.78, 5) is 16.5. The SMILES string of the molecule is COc1cc(/C=C/C(=O)Nc2nc3ccc(C)cc3s2)ccc1OC(F)F. The van der Waals surface area contributed by atoms with Gasteiger partial charge in [-0.15, -0.1) is 0 Å². The number of halogens is 2. The van der Waals surface area contributed by atoms with Crippen molar-refractivity contribution in [2.24, 2.45) is 0 Å². The number of aromatic nitrogens is 1. The minimum atomic E-state index is -2.94. The van der Waals surface area contributed by atoms with E-state index >= 15 is 0 Å². The topological polar surface area (TPSA) is 60.5 Å². The summed E-state index contributed by atoms with van der Waals surface area (Å²) in [5, 5.41) is 3.22. The van der Waals surface area contributed by atoms with E-state index in [1.165, 1.54) is 36.7 Å². The summed E-state index contributed by atoms with van der Waals surface area (Å²) in [5.74, 6) is -0.268. The number of alkyl halides is 2. The Balaban J connectivity index is 1.70.